The Morgan fingerprint density at radius 2 is 1.52 bits per heavy atom. The second kappa shape index (κ2) is 9.00. The standard InChI is InChI=1S/C24H27ClN2O2/c25-22-10-8-20(9-11-22)23(28)27-14-4-7-21(17-27)24(29)26-15-12-19(13-16-26)18-5-2-1-3-6-18/h1-3,5-6,8-11,19,21H,4,7,12-17H2. The first kappa shape index (κ1) is 20.0. The summed E-state index contributed by atoms with van der Waals surface area (Å²) in [6, 6.07) is 17.6. The Hall–Kier alpha value is -2.33. The Labute approximate surface area is 177 Å². The zero-order chi connectivity index (χ0) is 20.2. The highest BCUT2D eigenvalue weighted by molar-refractivity contribution is 6.30. The van der Waals surface area contributed by atoms with Crippen LogP contribution in [0.1, 0.15) is 47.5 Å². The highest BCUT2D eigenvalue weighted by Crippen LogP contribution is 2.29. The van der Waals surface area contributed by atoms with Gasteiger partial charge in [0.2, 0.25) is 5.91 Å². The van der Waals surface area contributed by atoms with Crippen LogP contribution in [0.4, 0.5) is 0 Å². The van der Waals surface area contributed by atoms with Crippen LogP contribution in [0.2, 0.25) is 5.02 Å². The zero-order valence-corrected chi connectivity index (χ0v) is 17.4. The SMILES string of the molecule is O=C(c1ccc(Cl)cc1)N1CCCC(C(=O)N2CCC(c3ccccc3)CC2)C1. The fourth-order valence-electron chi connectivity index (χ4n) is 4.55. The molecule has 2 amide bonds. The third-order valence-electron chi connectivity index (χ3n) is 6.23. The van der Waals surface area contributed by atoms with Crippen molar-refractivity contribution in [3.8, 4) is 0 Å². The predicted octanol–water partition coefficient (Wildman–Crippen LogP) is 4.60. The van der Waals surface area contributed by atoms with E-state index in [0.29, 0.717) is 29.6 Å². The molecule has 0 aromatic heterocycles. The Morgan fingerprint density at radius 1 is 0.828 bits per heavy atom. The number of rotatable bonds is 3. The summed E-state index contributed by atoms with van der Waals surface area (Å²) in [5.41, 5.74) is 2.00. The van der Waals surface area contributed by atoms with Crippen molar-refractivity contribution in [3.63, 3.8) is 0 Å². The normalized spacial score (nSPS) is 20.5. The molecule has 2 fully saturated rings. The summed E-state index contributed by atoms with van der Waals surface area (Å²) < 4.78 is 0. The van der Waals surface area contributed by atoms with Crippen molar-refractivity contribution in [2.24, 2.45) is 5.92 Å². The number of likely N-dealkylation sites (tertiary alicyclic amines) is 2. The number of hydrogen-bond acceptors (Lipinski definition) is 2. The van der Waals surface area contributed by atoms with Gasteiger partial charge in [0.15, 0.2) is 0 Å². The van der Waals surface area contributed by atoms with Gasteiger partial charge in [-0.25, -0.2) is 0 Å². The van der Waals surface area contributed by atoms with Crippen molar-refractivity contribution in [3.05, 3.63) is 70.7 Å². The molecule has 2 heterocycles. The molecule has 0 aliphatic carbocycles. The maximum atomic E-state index is 13.1. The topological polar surface area (TPSA) is 40.6 Å². The van der Waals surface area contributed by atoms with Crippen LogP contribution in [0.25, 0.3) is 0 Å². The number of nitrogens with zero attached hydrogens (tertiary/aromatic N) is 2. The van der Waals surface area contributed by atoms with E-state index in [-0.39, 0.29) is 17.7 Å². The number of carbonyl (C=O) groups excluding carboxylic acids is 2. The second-order valence-electron chi connectivity index (χ2n) is 8.11. The van der Waals surface area contributed by atoms with E-state index in [4.69, 9.17) is 11.6 Å². The molecule has 0 bridgehead atoms. The highest BCUT2D eigenvalue weighted by Gasteiger charge is 2.33. The van der Waals surface area contributed by atoms with Crippen LogP contribution in [-0.4, -0.2) is 47.8 Å². The van der Waals surface area contributed by atoms with Gasteiger partial charge in [0.1, 0.15) is 0 Å². The molecular weight excluding hydrogens is 384 g/mol. The molecule has 0 spiro atoms. The number of carbonyl (C=O) groups is 2. The summed E-state index contributed by atoms with van der Waals surface area (Å²) in [5.74, 6) is 0.648. The van der Waals surface area contributed by atoms with Crippen molar-refractivity contribution >= 4 is 23.4 Å². The summed E-state index contributed by atoms with van der Waals surface area (Å²) in [7, 11) is 0. The van der Waals surface area contributed by atoms with E-state index in [9.17, 15) is 9.59 Å². The minimum absolute atomic E-state index is 0.0121. The van der Waals surface area contributed by atoms with Crippen LogP contribution in [0.3, 0.4) is 0 Å². The first-order valence-electron chi connectivity index (χ1n) is 10.5. The van der Waals surface area contributed by atoms with Gasteiger partial charge in [0.05, 0.1) is 5.92 Å². The summed E-state index contributed by atoms with van der Waals surface area (Å²) in [6.45, 7) is 2.83. The van der Waals surface area contributed by atoms with Gasteiger partial charge in [-0.05, 0) is 61.4 Å². The quantitative estimate of drug-likeness (QED) is 0.742. The Bertz CT molecular complexity index is 845. The summed E-state index contributed by atoms with van der Waals surface area (Å²) in [5, 5.41) is 0.618. The smallest absolute Gasteiger partial charge is 0.253 e. The van der Waals surface area contributed by atoms with Crippen LogP contribution in [0, 0.1) is 5.92 Å². The van der Waals surface area contributed by atoms with Gasteiger partial charge in [0, 0.05) is 36.8 Å². The van der Waals surface area contributed by atoms with E-state index < -0.39 is 0 Å². The average Bonchev–Trinajstić information content (AvgIpc) is 2.79. The molecule has 2 aromatic carbocycles. The molecule has 0 N–H and O–H groups in total. The van der Waals surface area contributed by atoms with Gasteiger partial charge in [-0.15, -0.1) is 0 Å². The van der Waals surface area contributed by atoms with Crippen LogP contribution in [0.15, 0.2) is 54.6 Å². The first-order valence-corrected chi connectivity index (χ1v) is 10.9. The molecule has 2 aromatic rings. The van der Waals surface area contributed by atoms with Crippen LogP contribution in [0.5, 0.6) is 0 Å². The van der Waals surface area contributed by atoms with E-state index in [1.807, 2.05) is 15.9 Å². The number of amides is 2. The van der Waals surface area contributed by atoms with Crippen molar-refractivity contribution in [1.82, 2.24) is 9.80 Å². The Balaban J connectivity index is 1.34. The summed E-state index contributed by atoms with van der Waals surface area (Å²) in [6.07, 6.45) is 3.75. The number of piperidine rings is 2. The molecular formula is C24H27ClN2O2. The maximum Gasteiger partial charge on any atom is 0.253 e. The predicted molar refractivity (Wildman–Crippen MR) is 115 cm³/mol. The number of benzene rings is 2. The van der Waals surface area contributed by atoms with Gasteiger partial charge >= 0.3 is 0 Å². The summed E-state index contributed by atoms with van der Waals surface area (Å²) >= 11 is 5.93. The molecule has 2 saturated heterocycles. The second-order valence-corrected chi connectivity index (χ2v) is 8.54. The van der Waals surface area contributed by atoms with Gasteiger partial charge < -0.3 is 9.80 Å². The molecule has 1 unspecified atom stereocenters. The monoisotopic (exact) mass is 410 g/mol. The molecule has 5 heteroatoms. The lowest BCUT2D eigenvalue weighted by molar-refractivity contribution is -0.138. The minimum Gasteiger partial charge on any atom is -0.342 e. The van der Waals surface area contributed by atoms with Crippen LogP contribution in [-0.2, 0) is 4.79 Å². The van der Waals surface area contributed by atoms with E-state index in [0.717, 1.165) is 38.8 Å². The average molecular weight is 411 g/mol. The van der Waals surface area contributed by atoms with Crippen molar-refractivity contribution in [2.75, 3.05) is 26.2 Å². The first-order chi connectivity index (χ1) is 14.1. The van der Waals surface area contributed by atoms with E-state index in [2.05, 4.69) is 24.3 Å². The van der Waals surface area contributed by atoms with Gasteiger partial charge in [-0.2, -0.15) is 0 Å². The zero-order valence-electron chi connectivity index (χ0n) is 16.6. The van der Waals surface area contributed by atoms with Crippen molar-refractivity contribution < 1.29 is 9.59 Å². The van der Waals surface area contributed by atoms with E-state index in [1.54, 1.807) is 24.3 Å². The molecule has 1 atom stereocenters. The third kappa shape index (κ3) is 4.64. The fourth-order valence-corrected chi connectivity index (χ4v) is 4.68. The van der Waals surface area contributed by atoms with Gasteiger partial charge in [0.25, 0.3) is 5.91 Å². The third-order valence-corrected chi connectivity index (χ3v) is 6.48. The fraction of sp³-hybridized carbons (Fsp3) is 0.417. The van der Waals surface area contributed by atoms with Crippen molar-refractivity contribution in [1.29, 1.82) is 0 Å². The van der Waals surface area contributed by atoms with Gasteiger partial charge in [-0.3, -0.25) is 9.59 Å². The highest BCUT2D eigenvalue weighted by atomic mass is 35.5. The molecule has 2 aliphatic rings. The number of hydrogen-bond donors (Lipinski definition) is 0. The number of halogens is 1. The molecule has 4 rings (SSSR count). The lowest BCUT2D eigenvalue weighted by Crippen LogP contribution is -2.48. The van der Waals surface area contributed by atoms with E-state index >= 15 is 0 Å². The molecule has 152 valence electrons. The lowest BCUT2D eigenvalue weighted by Gasteiger charge is -2.38. The maximum absolute atomic E-state index is 13.1. The molecule has 0 saturated carbocycles. The lowest BCUT2D eigenvalue weighted by atomic mass is 9.88. The van der Waals surface area contributed by atoms with Crippen molar-refractivity contribution in [2.45, 2.75) is 31.6 Å². The molecule has 2 aliphatic heterocycles. The van der Waals surface area contributed by atoms with Crippen LogP contribution >= 0.6 is 11.6 Å². The molecule has 0 radical (unpaired) electrons. The molecule has 29 heavy (non-hydrogen) atoms. The largest absolute Gasteiger partial charge is 0.342 e. The minimum atomic E-state index is -0.0896. The Kier molecular flexibility index (Phi) is 6.19. The van der Waals surface area contributed by atoms with Crippen LogP contribution < -0.4 is 0 Å². The summed E-state index contributed by atoms with van der Waals surface area (Å²) in [4.78, 5) is 29.8. The van der Waals surface area contributed by atoms with E-state index in [1.165, 1.54) is 5.56 Å². The molecule has 4 nitrogen and oxygen atoms in total. The Morgan fingerprint density at radius 3 is 2.21 bits per heavy atom. The van der Waals surface area contributed by atoms with Gasteiger partial charge in [-0.1, -0.05) is 41.9 Å².